The summed E-state index contributed by atoms with van der Waals surface area (Å²) in [6.45, 7) is 1.75. The van der Waals surface area contributed by atoms with E-state index < -0.39 is 0 Å². The molecule has 1 aromatic rings. The Hall–Kier alpha value is -1.07. The topological polar surface area (TPSA) is 49.0 Å². The lowest BCUT2D eigenvalue weighted by Gasteiger charge is -2.24. The van der Waals surface area contributed by atoms with E-state index in [0.29, 0.717) is 10.5 Å². The summed E-state index contributed by atoms with van der Waals surface area (Å²) in [5, 5.41) is 0. The lowest BCUT2D eigenvalue weighted by Crippen LogP contribution is -2.28. The number of hydrogen-bond donors (Lipinski definition) is 1. The van der Waals surface area contributed by atoms with E-state index in [1.165, 1.54) is 0 Å². The van der Waals surface area contributed by atoms with E-state index >= 15 is 0 Å². The molecule has 74 valence electrons. The molecule has 0 radical (unpaired) electrons. The van der Waals surface area contributed by atoms with Crippen LogP contribution in [0.5, 0.6) is 0 Å². The molecule has 0 amide bonds. The van der Waals surface area contributed by atoms with Crippen molar-refractivity contribution in [1.29, 1.82) is 0 Å². The van der Waals surface area contributed by atoms with E-state index in [-0.39, 0.29) is 0 Å². The Balaban J connectivity index is 2.57. The minimum atomic E-state index is 0.399. The molecule has 1 aliphatic rings. The lowest BCUT2D eigenvalue weighted by molar-refractivity contribution is 0.111. The largest absolute Gasteiger partial charge is 0.334 e. The third kappa shape index (κ3) is 1.60. The number of H-pyrrole nitrogens is 1. The number of carbonyl (C=O) groups excluding carboxylic acids is 1. The summed E-state index contributed by atoms with van der Waals surface area (Å²) in [5.41, 5.74) is 2.53. The van der Waals surface area contributed by atoms with E-state index in [0.717, 1.165) is 37.1 Å². The molecular weight excluding hydrogens is 198 g/mol. The van der Waals surface area contributed by atoms with Crippen molar-refractivity contribution in [2.24, 2.45) is 0 Å². The molecule has 1 aromatic heterocycles. The van der Waals surface area contributed by atoms with Crippen LogP contribution in [0.3, 0.4) is 0 Å². The van der Waals surface area contributed by atoms with Crippen LogP contribution in [0.15, 0.2) is 0 Å². The Bertz CT molecular complexity index is 427. The maximum absolute atomic E-state index is 10.8. The normalized spacial score (nSPS) is 16.4. The van der Waals surface area contributed by atoms with Crippen molar-refractivity contribution in [3.05, 3.63) is 21.7 Å². The maximum atomic E-state index is 10.8. The molecule has 2 rings (SSSR count). The first kappa shape index (κ1) is 9.48. The Labute approximate surface area is 87.0 Å². The molecule has 0 aliphatic carbocycles. The van der Waals surface area contributed by atoms with Crippen molar-refractivity contribution in [2.45, 2.75) is 13.0 Å². The van der Waals surface area contributed by atoms with Gasteiger partial charge in [-0.15, -0.1) is 0 Å². The number of carbonyl (C=O) groups is 1. The van der Waals surface area contributed by atoms with Gasteiger partial charge in [0.15, 0.2) is 11.1 Å². The van der Waals surface area contributed by atoms with Crippen LogP contribution in [0.1, 0.15) is 21.7 Å². The number of nitrogens with one attached hydrogen (secondary N) is 1. The molecule has 0 aromatic carbocycles. The second-order valence-electron chi connectivity index (χ2n) is 3.49. The van der Waals surface area contributed by atoms with Crippen molar-refractivity contribution in [3.63, 3.8) is 0 Å². The van der Waals surface area contributed by atoms with Crippen LogP contribution in [0.2, 0.25) is 0 Å². The van der Waals surface area contributed by atoms with Crippen molar-refractivity contribution in [2.75, 3.05) is 13.6 Å². The van der Waals surface area contributed by atoms with Gasteiger partial charge in [0.05, 0.1) is 0 Å². The van der Waals surface area contributed by atoms with Gasteiger partial charge in [0, 0.05) is 30.8 Å². The molecule has 5 heteroatoms. The first-order chi connectivity index (χ1) is 6.70. The first-order valence-electron chi connectivity index (χ1n) is 4.46. The third-order valence-electron chi connectivity index (χ3n) is 2.44. The molecule has 1 N–H and O–H groups in total. The van der Waals surface area contributed by atoms with Crippen LogP contribution < -0.4 is 0 Å². The molecule has 0 saturated heterocycles. The number of aromatic amines is 1. The summed E-state index contributed by atoms with van der Waals surface area (Å²) >= 11 is 4.94. The molecule has 0 bridgehead atoms. The van der Waals surface area contributed by atoms with Crippen molar-refractivity contribution < 1.29 is 4.79 Å². The highest BCUT2D eigenvalue weighted by atomic mass is 32.1. The zero-order chi connectivity index (χ0) is 10.1. The number of likely N-dealkylation sites (N-methyl/N-ethyl adjacent to an activating group) is 1. The van der Waals surface area contributed by atoms with Gasteiger partial charge >= 0.3 is 0 Å². The van der Waals surface area contributed by atoms with E-state index in [1.54, 1.807) is 0 Å². The van der Waals surface area contributed by atoms with E-state index in [9.17, 15) is 4.79 Å². The SMILES string of the molecule is CN1CCc2[nH]c(=S)nc(C=O)c2C1. The maximum Gasteiger partial charge on any atom is 0.197 e. The standard InChI is InChI=1S/C9H11N3OS/c1-12-3-2-7-6(4-12)8(5-13)11-9(14)10-7/h5H,2-4H2,1H3,(H,10,11,14). The summed E-state index contributed by atoms with van der Waals surface area (Å²) in [7, 11) is 2.03. The highest BCUT2D eigenvalue weighted by Gasteiger charge is 2.17. The molecule has 4 nitrogen and oxygen atoms in total. The zero-order valence-electron chi connectivity index (χ0n) is 7.91. The number of aldehydes is 1. The summed E-state index contributed by atoms with van der Waals surface area (Å²) in [4.78, 5) is 20.0. The van der Waals surface area contributed by atoms with Crippen LogP contribution >= 0.6 is 12.2 Å². The van der Waals surface area contributed by atoms with Gasteiger partial charge in [0.2, 0.25) is 0 Å². The molecule has 0 saturated carbocycles. The second kappa shape index (κ2) is 3.59. The van der Waals surface area contributed by atoms with Gasteiger partial charge in [-0.25, -0.2) is 4.98 Å². The first-order valence-corrected chi connectivity index (χ1v) is 4.87. The fraction of sp³-hybridized carbons (Fsp3) is 0.444. The van der Waals surface area contributed by atoms with Crippen LogP contribution in [-0.4, -0.2) is 34.7 Å². The van der Waals surface area contributed by atoms with E-state index in [2.05, 4.69) is 14.9 Å². The fourth-order valence-electron chi connectivity index (χ4n) is 1.70. The highest BCUT2D eigenvalue weighted by molar-refractivity contribution is 7.71. The minimum Gasteiger partial charge on any atom is -0.334 e. The molecule has 0 atom stereocenters. The average Bonchev–Trinajstić information content (AvgIpc) is 2.17. The number of fused-ring (bicyclic) bond motifs is 1. The summed E-state index contributed by atoms with van der Waals surface area (Å²) in [6.07, 6.45) is 1.68. The molecule has 1 aliphatic heterocycles. The third-order valence-corrected chi connectivity index (χ3v) is 2.63. The predicted molar refractivity (Wildman–Crippen MR) is 54.8 cm³/mol. The van der Waals surface area contributed by atoms with Gasteiger partial charge in [-0.3, -0.25) is 4.79 Å². The number of nitrogens with zero attached hydrogens (tertiary/aromatic N) is 2. The van der Waals surface area contributed by atoms with Crippen LogP contribution in [0.4, 0.5) is 0 Å². The summed E-state index contributed by atoms with van der Waals surface area (Å²) < 4.78 is 0.399. The molecule has 0 spiro atoms. The van der Waals surface area contributed by atoms with Crippen molar-refractivity contribution in [1.82, 2.24) is 14.9 Å². The molecule has 14 heavy (non-hydrogen) atoms. The molecule has 0 fully saturated rings. The van der Waals surface area contributed by atoms with Crippen LogP contribution in [0.25, 0.3) is 0 Å². The minimum absolute atomic E-state index is 0.399. The van der Waals surface area contributed by atoms with Crippen molar-refractivity contribution >= 4 is 18.5 Å². The van der Waals surface area contributed by atoms with Gasteiger partial charge in [-0.05, 0) is 19.3 Å². The number of aromatic nitrogens is 2. The van der Waals surface area contributed by atoms with Gasteiger partial charge < -0.3 is 9.88 Å². The Morgan fingerprint density at radius 2 is 2.43 bits per heavy atom. The number of hydrogen-bond acceptors (Lipinski definition) is 4. The Kier molecular flexibility index (Phi) is 2.43. The van der Waals surface area contributed by atoms with Crippen molar-refractivity contribution in [3.8, 4) is 0 Å². The van der Waals surface area contributed by atoms with Gasteiger partial charge in [0.1, 0.15) is 5.69 Å². The van der Waals surface area contributed by atoms with Gasteiger partial charge in [0.25, 0.3) is 0 Å². The smallest absolute Gasteiger partial charge is 0.197 e. The fourth-order valence-corrected chi connectivity index (χ4v) is 1.92. The quantitative estimate of drug-likeness (QED) is 0.552. The Morgan fingerprint density at radius 3 is 3.14 bits per heavy atom. The summed E-state index contributed by atoms with van der Waals surface area (Å²) in [6, 6.07) is 0. The predicted octanol–water partition coefficient (Wildman–Crippen LogP) is 0.940. The summed E-state index contributed by atoms with van der Waals surface area (Å²) in [5.74, 6) is 0. The lowest BCUT2D eigenvalue weighted by atomic mass is 10.1. The van der Waals surface area contributed by atoms with Crippen LogP contribution in [-0.2, 0) is 13.0 Å². The second-order valence-corrected chi connectivity index (χ2v) is 3.88. The highest BCUT2D eigenvalue weighted by Crippen LogP contribution is 2.17. The monoisotopic (exact) mass is 209 g/mol. The zero-order valence-corrected chi connectivity index (χ0v) is 8.73. The average molecular weight is 209 g/mol. The Morgan fingerprint density at radius 1 is 1.64 bits per heavy atom. The molecule has 2 heterocycles. The van der Waals surface area contributed by atoms with Gasteiger partial charge in [-0.2, -0.15) is 0 Å². The molecular formula is C9H11N3OS. The van der Waals surface area contributed by atoms with E-state index in [1.807, 2.05) is 7.05 Å². The number of rotatable bonds is 1. The van der Waals surface area contributed by atoms with E-state index in [4.69, 9.17) is 12.2 Å². The van der Waals surface area contributed by atoms with Gasteiger partial charge in [-0.1, -0.05) is 0 Å². The van der Waals surface area contributed by atoms with Crippen LogP contribution in [0, 0.1) is 4.77 Å². The molecule has 0 unspecified atom stereocenters.